The van der Waals surface area contributed by atoms with E-state index in [1.54, 1.807) is 29.1 Å². The van der Waals surface area contributed by atoms with Gasteiger partial charge in [-0.25, -0.2) is 4.98 Å². The molecule has 0 bridgehead atoms. The zero-order valence-corrected chi connectivity index (χ0v) is 15.2. The second-order valence-corrected chi connectivity index (χ2v) is 6.19. The molecule has 0 unspecified atom stereocenters. The van der Waals surface area contributed by atoms with Crippen molar-refractivity contribution in [3.8, 4) is 11.4 Å². The minimum Gasteiger partial charge on any atom is -0.495 e. The molecule has 0 aliphatic heterocycles. The van der Waals surface area contributed by atoms with Gasteiger partial charge in [-0.3, -0.25) is 4.79 Å². The molecule has 2 aromatic carbocycles. The van der Waals surface area contributed by atoms with Crippen LogP contribution >= 0.6 is 0 Å². The van der Waals surface area contributed by atoms with E-state index in [1.807, 2.05) is 13.1 Å². The van der Waals surface area contributed by atoms with Crippen molar-refractivity contribution in [3.63, 3.8) is 0 Å². The molecule has 0 saturated carbocycles. The minimum atomic E-state index is -4.42. The van der Waals surface area contributed by atoms with Crippen molar-refractivity contribution in [3.05, 3.63) is 77.4 Å². The summed E-state index contributed by atoms with van der Waals surface area (Å²) < 4.78 is 45.5. The van der Waals surface area contributed by atoms with Gasteiger partial charge in [0.2, 0.25) is 0 Å². The Hall–Kier alpha value is -3.29. The van der Waals surface area contributed by atoms with Gasteiger partial charge in [0.05, 0.1) is 30.4 Å². The number of hydrogen-bond acceptors (Lipinski definition) is 3. The molecule has 0 radical (unpaired) electrons. The molecule has 8 heteroatoms. The van der Waals surface area contributed by atoms with Gasteiger partial charge in [0.25, 0.3) is 5.91 Å². The second-order valence-electron chi connectivity index (χ2n) is 6.19. The molecule has 0 spiro atoms. The number of imidazole rings is 1. The Bertz CT molecular complexity index is 996. The molecule has 3 aromatic rings. The monoisotopic (exact) mass is 389 g/mol. The summed E-state index contributed by atoms with van der Waals surface area (Å²) in [5.74, 6) is 0.0631. The molecule has 1 heterocycles. The van der Waals surface area contributed by atoms with Crippen LogP contribution in [0.3, 0.4) is 0 Å². The van der Waals surface area contributed by atoms with Gasteiger partial charge < -0.3 is 14.6 Å². The number of nitrogens with one attached hydrogen (secondary N) is 1. The maximum absolute atomic E-state index is 12.8. The summed E-state index contributed by atoms with van der Waals surface area (Å²) in [7, 11) is 1.49. The van der Waals surface area contributed by atoms with Crippen molar-refractivity contribution < 1.29 is 22.7 Å². The van der Waals surface area contributed by atoms with E-state index in [0.29, 0.717) is 16.9 Å². The molecule has 0 saturated heterocycles. The number of methoxy groups -OCH3 is 1. The number of carbonyl (C=O) groups excluding carboxylic acids is 1. The molecule has 28 heavy (non-hydrogen) atoms. The number of halogens is 3. The molecule has 1 aromatic heterocycles. The average Bonchev–Trinajstić information content (AvgIpc) is 3.11. The normalized spacial score (nSPS) is 11.3. The number of aromatic nitrogens is 2. The molecule has 146 valence electrons. The summed E-state index contributed by atoms with van der Waals surface area (Å²) in [6.45, 7) is 1.84. The minimum absolute atomic E-state index is 0.0203. The van der Waals surface area contributed by atoms with Crippen LogP contribution in [0.15, 0.2) is 55.0 Å². The smallest absolute Gasteiger partial charge is 0.416 e. The first-order valence-corrected chi connectivity index (χ1v) is 8.41. The Morgan fingerprint density at radius 1 is 1.21 bits per heavy atom. The van der Waals surface area contributed by atoms with Gasteiger partial charge in [-0.1, -0.05) is 12.1 Å². The van der Waals surface area contributed by atoms with Crippen molar-refractivity contribution in [2.45, 2.75) is 19.6 Å². The van der Waals surface area contributed by atoms with E-state index >= 15 is 0 Å². The Morgan fingerprint density at radius 3 is 2.64 bits per heavy atom. The summed E-state index contributed by atoms with van der Waals surface area (Å²) in [5, 5.41) is 2.63. The topological polar surface area (TPSA) is 56.1 Å². The zero-order valence-electron chi connectivity index (χ0n) is 15.2. The fraction of sp³-hybridized carbons (Fsp3) is 0.200. The van der Waals surface area contributed by atoms with E-state index < -0.39 is 17.6 Å². The standard InChI is InChI=1S/C20H18F3N3O2/c1-13-11-26(12-25-13)17-7-6-15(9-18(17)28-2)19(27)24-10-14-4-3-5-16(8-14)20(21,22)23/h3-9,11-12H,10H2,1-2H3,(H,24,27). The van der Waals surface area contributed by atoms with E-state index in [-0.39, 0.29) is 6.54 Å². The fourth-order valence-corrected chi connectivity index (χ4v) is 2.73. The Kier molecular flexibility index (Phi) is 5.39. The third kappa shape index (κ3) is 4.33. The highest BCUT2D eigenvalue weighted by molar-refractivity contribution is 5.95. The molecule has 0 aliphatic carbocycles. The number of carbonyl (C=O) groups is 1. The lowest BCUT2D eigenvalue weighted by atomic mass is 10.1. The van der Waals surface area contributed by atoms with Crippen molar-refractivity contribution in [1.82, 2.24) is 14.9 Å². The summed E-state index contributed by atoms with van der Waals surface area (Å²) in [4.78, 5) is 16.6. The van der Waals surface area contributed by atoms with E-state index in [9.17, 15) is 18.0 Å². The predicted molar refractivity (Wildman–Crippen MR) is 97.5 cm³/mol. The first kappa shape index (κ1) is 19.5. The summed E-state index contributed by atoms with van der Waals surface area (Å²) in [5.41, 5.74) is 1.51. The molecule has 0 atom stereocenters. The highest BCUT2D eigenvalue weighted by Gasteiger charge is 2.30. The summed E-state index contributed by atoms with van der Waals surface area (Å²) >= 11 is 0. The number of alkyl halides is 3. The maximum atomic E-state index is 12.8. The van der Waals surface area contributed by atoms with Crippen molar-refractivity contribution >= 4 is 5.91 Å². The number of benzene rings is 2. The van der Waals surface area contributed by atoms with Gasteiger partial charge >= 0.3 is 6.18 Å². The molecule has 3 rings (SSSR count). The third-order valence-corrected chi connectivity index (χ3v) is 4.14. The Labute approximate surface area is 159 Å². The van der Waals surface area contributed by atoms with Gasteiger partial charge in [-0.2, -0.15) is 13.2 Å². The highest BCUT2D eigenvalue weighted by Crippen LogP contribution is 2.29. The SMILES string of the molecule is COc1cc(C(=O)NCc2cccc(C(F)(F)F)c2)ccc1-n1cnc(C)c1. The lowest BCUT2D eigenvalue weighted by Gasteiger charge is -2.12. The van der Waals surface area contributed by atoms with Crippen LogP contribution < -0.4 is 10.1 Å². The van der Waals surface area contributed by atoms with Crippen LogP contribution in [0.25, 0.3) is 5.69 Å². The average molecular weight is 389 g/mol. The van der Waals surface area contributed by atoms with E-state index in [1.165, 1.54) is 19.2 Å². The molecule has 0 aliphatic rings. The van der Waals surface area contributed by atoms with Crippen LogP contribution in [0.5, 0.6) is 5.75 Å². The number of rotatable bonds is 5. The quantitative estimate of drug-likeness (QED) is 0.714. The maximum Gasteiger partial charge on any atom is 0.416 e. The summed E-state index contributed by atoms with van der Waals surface area (Å²) in [6, 6.07) is 9.77. The molecular weight excluding hydrogens is 371 g/mol. The number of ether oxygens (including phenoxy) is 1. The van der Waals surface area contributed by atoms with E-state index in [0.717, 1.165) is 23.5 Å². The molecule has 1 amide bonds. The van der Waals surface area contributed by atoms with Crippen LogP contribution in [-0.4, -0.2) is 22.6 Å². The van der Waals surface area contributed by atoms with Crippen LogP contribution in [0.4, 0.5) is 13.2 Å². The van der Waals surface area contributed by atoms with Gasteiger partial charge in [0.15, 0.2) is 0 Å². The lowest BCUT2D eigenvalue weighted by molar-refractivity contribution is -0.137. The zero-order chi connectivity index (χ0) is 20.3. The fourth-order valence-electron chi connectivity index (χ4n) is 2.73. The van der Waals surface area contributed by atoms with Crippen molar-refractivity contribution in [2.75, 3.05) is 7.11 Å². The first-order chi connectivity index (χ1) is 13.3. The van der Waals surface area contributed by atoms with Crippen LogP contribution in [0, 0.1) is 6.92 Å². The van der Waals surface area contributed by atoms with E-state index in [4.69, 9.17) is 4.74 Å². The summed E-state index contributed by atoms with van der Waals surface area (Å²) in [6.07, 6.45) is -0.958. The number of amides is 1. The second kappa shape index (κ2) is 7.75. The molecule has 5 nitrogen and oxygen atoms in total. The largest absolute Gasteiger partial charge is 0.495 e. The van der Waals surface area contributed by atoms with Crippen LogP contribution in [-0.2, 0) is 12.7 Å². The predicted octanol–water partition coefficient (Wildman–Crippen LogP) is 4.14. The van der Waals surface area contributed by atoms with Crippen molar-refractivity contribution in [2.24, 2.45) is 0 Å². The van der Waals surface area contributed by atoms with Crippen molar-refractivity contribution in [1.29, 1.82) is 0 Å². The Balaban J connectivity index is 1.74. The number of nitrogens with zero attached hydrogens (tertiary/aromatic N) is 2. The van der Waals surface area contributed by atoms with Crippen LogP contribution in [0.2, 0.25) is 0 Å². The van der Waals surface area contributed by atoms with Gasteiger partial charge in [-0.15, -0.1) is 0 Å². The molecule has 1 N–H and O–H groups in total. The number of hydrogen-bond donors (Lipinski definition) is 1. The number of aryl methyl sites for hydroxylation is 1. The van der Waals surface area contributed by atoms with Gasteiger partial charge in [0, 0.05) is 18.3 Å². The first-order valence-electron chi connectivity index (χ1n) is 8.41. The van der Waals surface area contributed by atoms with Gasteiger partial charge in [0.1, 0.15) is 5.75 Å². The highest BCUT2D eigenvalue weighted by atomic mass is 19.4. The van der Waals surface area contributed by atoms with Crippen LogP contribution in [0.1, 0.15) is 27.2 Å². The molecule has 0 fully saturated rings. The Morgan fingerprint density at radius 2 is 2.00 bits per heavy atom. The lowest BCUT2D eigenvalue weighted by Crippen LogP contribution is -2.23. The van der Waals surface area contributed by atoms with E-state index in [2.05, 4.69) is 10.3 Å². The third-order valence-electron chi connectivity index (χ3n) is 4.14. The molecular formula is C20H18F3N3O2. The van der Waals surface area contributed by atoms with Gasteiger partial charge in [-0.05, 0) is 42.8 Å².